The number of nitrogens with zero attached hydrogens (tertiary/aromatic N) is 4. The van der Waals surface area contributed by atoms with Crippen molar-refractivity contribution in [3.8, 4) is 51.0 Å². The van der Waals surface area contributed by atoms with Crippen molar-refractivity contribution in [2.45, 2.75) is 0 Å². The molecular formula is C51H30N4OS. The first-order valence-electron chi connectivity index (χ1n) is 21.1. The van der Waals surface area contributed by atoms with E-state index in [-0.39, 0.29) is 17.2 Å². The molecule has 0 unspecified atom stereocenters. The normalized spacial score (nSPS) is 13.1. The predicted molar refractivity (Wildman–Crippen MR) is 236 cm³/mol. The Morgan fingerprint density at radius 1 is 0.474 bits per heavy atom. The van der Waals surface area contributed by atoms with Crippen LogP contribution in [-0.4, -0.2) is 19.5 Å². The maximum Gasteiger partial charge on any atom is 0.167 e. The molecule has 0 aliphatic heterocycles. The molecule has 0 aliphatic carbocycles. The Labute approximate surface area is 337 Å². The minimum absolute atomic E-state index is 0.0435. The highest BCUT2D eigenvalue weighted by atomic mass is 32.1. The summed E-state index contributed by atoms with van der Waals surface area (Å²) in [4.78, 5) is 15.2. The van der Waals surface area contributed by atoms with Gasteiger partial charge < -0.3 is 8.98 Å². The second-order valence-corrected chi connectivity index (χ2v) is 15.1. The molecule has 0 fully saturated rings. The Morgan fingerprint density at radius 3 is 1.93 bits per heavy atom. The maximum atomic E-state index is 9.01. The van der Waals surface area contributed by atoms with E-state index in [4.69, 9.17) is 26.2 Å². The smallest absolute Gasteiger partial charge is 0.167 e. The Morgan fingerprint density at radius 2 is 1.14 bits per heavy atom. The van der Waals surface area contributed by atoms with Gasteiger partial charge in [-0.1, -0.05) is 133 Å². The van der Waals surface area contributed by atoms with Crippen molar-refractivity contribution in [1.82, 2.24) is 19.5 Å². The van der Waals surface area contributed by atoms with Crippen molar-refractivity contribution >= 4 is 75.3 Å². The van der Waals surface area contributed by atoms with Gasteiger partial charge in [-0.25, -0.2) is 15.0 Å². The van der Waals surface area contributed by atoms with Crippen LogP contribution in [0.15, 0.2) is 186 Å². The Kier molecular flexibility index (Phi) is 6.00. The number of thiophene rings is 1. The SMILES string of the molecule is [2H]c1c([2H])c([2H])c(-c2nc(-c3cc(-n4c5ccccc5c5ccccc54)cc4c3oc3cc(-c5ccccc5)ccc34)nc(-c3cccc4c3sc3ccccc34)n2)c([2H])c1[2H]. The molecule has 0 N–H and O–H groups in total. The quantitative estimate of drug-likeness (QED) is 0.176. The first-order chi connectivity index (χ1) is 30.3. The number of hydrogen-bond acceptors (Lipinski definition) is 5. The molecule has 0 spiro atoms. The summed E-state index contributed by atoms with van der Waals surface area (Å²) in [6.07, 6.45) is 0. The first-order valence-corrected chi connectivity index (χ1v) is 19.4. The van der Waals surface area contributed by atoms with Gasteiger partial charge in [-0.3, -0.25) is 0 Å². The summed E-state index contributed by atoms with van der Waals surface area (Å²) in [5, 5.41) is 6.10. The molecule has 6 heteroatoms. The number of benzene rings is 8. The van der Waals surface area contributed by atoms with Gasteiger partial charge >= 0.3 is 0 Å². The van der Waals surface area contributed by atoms with Gasteiger partial charge in [0.15, 0.2) is 17.5 Å². The van der Waals surface area contributed by atoms with Gasteiger partial charge in [-0.15, -0.1) is 11.3 Å². The molecule has 12 aromatic rings. The van der Waals surface area contributed by atoms with Crippen molar-refractivity contribution in [1.29, 1.82) is 0 Å². The largest absolute Gasteiger partial charge is 0.455 e. The van der Waals surface area contributed by atoms with Crippen molar-refractivity contribution in [2.75, 3.05) is 0 Å². The molecular weight excluding hydrogens is 717 g/mol. The van der Waals surface area contributed by atoms with Crippen LogP contribution in [0.1, 0.15) is 6.85 Å². The highest BCUT2D eigenvalue weighted by molar-refractivity contribution is 7.26. The number of aromatic nitrogens is 4. The fourth-order valence-electron chi connectivity index (χ4n) is 8.18. The van der Waals surface area contributed by atoms with E-state index in [9.17, 15) is 0 Å². The highest BCUT2D eigenvalue weighted by Gasteiger charge is 2.23. The molecule has 4 aromatic heterocycles. The molecule has 4 heterocycles. The fraction of sp³-hybridized carbons (Fsp3) is 0. The summed E-state index contributed by atoms with van der Waals surface area (Å²) >= 11 is 1.63. The standard InChI is InChI=1S/C51H30N4OS/c1-3-14-31(15-4-1)33-26-27-37-41-29-34(55-43-23-10-7-18-35(43)36-19-8-11-24-44(36)55)30-42(47(41)56-45(37)28-33)51-53-49(32-16-5-2-6-17-32)52-50(54-51)40-22-13-21-39-38-20-9-12-25-46(38)57-48(39)40/h1-30H/i2D,5D,6D,16D,17D. The van der Waals surface area contributed by atoms with Crippen LogP contribution in [0, 0.1) is 0 Å². The molecule has 0 aliphatic rings. The van der Waals surface area contributed by atoms with Crippen molar-refractivity contribution in [2.24, 2.45) is 0 Å². The topological polar surface area (TPSA) is 56.7 Å². The molecule has 57 heavy (non-hydrogen) atoms. The molecule has 8 aromatic carbocycles. The minimum atomic E-state index is -0.494. The van der Waals surface area contributed by atoms with E-state index < -0.39 is 30.2 Å². The van der Waals surface area contributed by atoms with Gasteiger partial charge in [0.05, 0.1) is 23.5 Å². The van der Waals surface area contributed by atoms with Crippen LogP contribution in [0.2, 0.25) is 0 Å². The molecule has 266 valence electrons. The molecule has 0 radical (unpaired) electrons. The van der Waals surface area contributed by atoms with E-state index in [1.165, 1.54) is 0 Å². The highest BCUT2D eigenvalue weighted by Crippen LogP contribution is 2.43. The third-order valence-electron chi connectivity index (χ3n) is 10.7. The lowest BCUT2D eigenvalue weighted by atomic mass is 10.0. The monoisotopic (exact) mass is 751 g/mol. The molecule has 0 atom stereocenters. The van der Waals surface area contributed by atoms with Gasteiger partial charge in [-0.2, -0.15) is 0 Å². The third kappa shape index (κ3) is 5.04. The average molecular weight is 752 g/mol. The van der Waals surface area contributed by atoms with Crippen LogP contribution in [0.25, 0.3) is 115 Å². The summed E-state index contributed by atoms with van der Waals surface area (Å²) in [6, 6.07) is 49.2. The van der Waals surface area contributed by atoms with Crippen LogP contribution in [0.5, 0.6) is 0 Å². The molecule has 0 bridgehead atoms. The Hall–Kier alpha value is -7.41. The fourth-order valence-corrected chi connectivity index (χ4v) is 9.39. The molecule has 0 saturated heterocycles. The van der Waals surface area contributed by atoms with E-state index in [0.717, 1.165) is 75.1 Å². The summed E-state index contributed by atoms with van der Waals surface area (Å²) in [7, 11) is 0. The molecule has 5 nitrogen and oxygen atoms in total. The minimum Gasteiger partial charge on any atom is -0.455 e. The average Bonchev–Trinajstić information content (AvgIpc) is 3.99. The van der Waals surface area contributed by atoms with E-state index in [0.29, 0.717) is 22.6 Å². The zero-order chi connectivity index (χ0) is 41.8. The van der Waals surface area contributed by atoms with Crippen LogP contribution in [0.4, 0.5) is 0 Å². The lowest BCUT2D eigenvalue weighted by Gasteiger charge is -2.13. The van der Waals surface area contributed by atoms with Crippen molar-refractivity contribution < 1.29 is 11.3 Å². The van der Waals surface area contributed by atoms with Crippen LogP contribution in [0.3, 0.4) is 0 Å². The molecule has 0 saturated carbocycles. The second kappa shape index (κ2) is 12.6. The van der Waals surface area contributed by atoms with Crippen LogP contribution >= 0.6 is 11.3 Å². The molecule has 0 amide bonds. The van der Waals surface area contributed by atoms with Crippen LogP contribution < -0.4 is 0 Å². The van der Waals surface area contributed by atoms with E-state index in [1.54, 1.807) is 11.3 Å². The van der Waals surface area contributed by atoms with E-state index in [2.05, 4.69) is 77.4 Å². The van der Waals surface area contributed by atoms with Crippen molar-refractivity contribution in [3.63, 3.8) is 0 Å². The number of para-hydroxylation sites is 2. The summed E-state index contributed by atoms with van der Waals surface area (Å²) in [6.45, 7) is 0. The van der Waals surface area contributed by atoms with Gasteiger partial charge in [-0.05, 0) is 59.7 Å². The Bertz CT molecular complexity index is 3760. The van der Waals surface area contributed by atoms with Gasteiger partial charge in [0.1, 0.15) is 11.2 Å². The number of rotatable bonds is 5. The van der Waals surface area contributed by atoms with Crippen molar-refractivity contribution in [3.05, 3.63) is 182 Å². The lowest BCUT2D eigenvalue weighted by Crippen LogP contribution is -2.01. The van der Waals surface area contributed by atoms with Crippen LogP contribution in [-0.2, 0) is 0 Å². The van der Waals surface area contributed by atoms with Gasteiger partial charge in [0, 0.05) is 58.5 Å². The summed E-state index contributed by atoms with van der Waals surface area (Å²) in [5.74, 6) is 0.481. The number of fused-ring (bicyclic) bond motifs is 9. The van der Waals surface area contributed by atoms with Gasteiger partial charge in [0.25, 0.3) is 0 Å². The maximum absolute atomic E-state index is 9.01. The summed E-state index contributed by atoms with van der Waals surface area (Å²) in [5.41, 5.74) is 7.33. The Balaban J connectivity index is 1.20. The number of furan rings is 1. The lowest BCUT2D eigenvalue weighted by molar-refractivity contribution is 0.669. The number of hydrogen-bond donors (Lipinski definition) is 0. The summed E-state index contributed by atoms with van der Waals surface area (Å²) < 4.78 is 54.7. The van der Waals surface area contributed by atoms with Gasteiger partial charge in [0.2, 0.25) is 0 Å². The zero-order valence-electron chi connectivity index (χ0n) is 35.0. The third-order valence-corrected chi connectivity index (χ3v) is 12.0. The second-order valence-electron chi connectivity index (χ2n) is 14.0. The predicted octanol–water partition coefficient (Wildman–Crippen LogP) is 13.9. The van der Waals surface area contributed by atoms with E-state index in [1.807, 2.05) is 78.9 Å². The van der Waals surface area contributed by atoms with E-state index >= 15 is 0 Å². The first kappa shape index (κ1) is 27.2. The zero-order valence-corrected chi connectivity index (χ0v) is 30.9. The molecule has 12 rings (SSSR count).